The Hall–Kier alpha value is -2.93. The number of para-hydroxylation sites is 1. The Kier molecular flexibility index (Phi) is 7.60. The fraction of sp³-hybridized carbons (Fsp3) is 0.120. The molecule has 1 fully saturated rings. The van der Waals surface area contributed by atoms with Gasteiger partial charge < -0.3 is 14.8 Å². The average Bonchev–Trinajstić information content (AvgIpc) is 3.14. The van der Waals surface area contributed by atoms with Crippen molar-refractivity contribution in [3.05, 3.63) is 92.8 Å². The number of ether oxygens (including phenoxy) is 2. The number of amides is 1. The highest BCUT2D eigenvalue weighted by Crippen LogP contribution is 2.34. The van der Waals surface area contributed by atoms with E-state index in [0.717, 1.165) is 11.1 Å². The number of carbonyl (C=O) groups is 1. The largest absolute Gasteiger partial charge is 0.490 e. The molecule has 1 heterocycles. The summed E-state index contributed by atoms with van der Waals surface area (Å²) in [7, 11) is 0. The van der Waals surface area contributed by atoms with Crippen molar-refractivity contribution in [1.82, 2.24) is 5.32 Å². The maximum atomic E-state index is 12.5. The van der Waals surface area contributed by atoms with E-state index in [-0.39, 0.29) is 5.91 Å². The van der Waals surface area contributed by atoms with Crippen LogP contribution in [0.2, 0.25) is 10.0 Å². The molecule has 1 aliphatic rings. The molecule has 3 aromatic rings. The van der Waals surface area contributed by atoms with Gasteiger partial charge in [-0.15, -0.1) is 0 Å². The third-order valence-electron chi connectivity index (χ3n) is 4.63. The van der Waals surface area contributed by atoms with E-state index in [2.05, 4.69) is 10.3 Å². The summed E-state index contributed by atoms with van der Waals surface area (Å²) in [6, 6.07) is 20.3. The Balaban J connectivity index is 1.53. The minimum atomic E-state index is -0.220. The summed E-state index contributed by atoms with van der Waals surface area (Å²) in [6.07, 6.45) is 1.79. The van der Waals surface area contributed by atoms with Crippen molar-refractivity contribution < 1.29 is 14.3 Å². The van der Waals surface area contributed by atoms with Crippen molar-refractivity contribution in [3.8, 4) is 11.5 Å². The smallest absolute Gasteiger partial charge is 0.264 e. The van der Waals surface area contributed by atoms with Gasteiger partial charge in [-0.3, -0.25) is 4.79 Å². The van der Waals surface area contributed by atoms with Gasteiger partial charge in [-0.2, -0.15) is 0 Å². The summed E-state index contributed by atoms with van der Waals surface area (Å²) in [5.74, 6) is 0.971. The lowest BCUT2D eigenvalue weighted by atomic mass is 10.2. The van der Waals surface area contributed by atoms with Gasteiger partial charge in [0.05, 0.1) is 22.2 Å². The predicted molar refractivity (Wildman–Crippen MR) is 136 cm³/mol. The second-order valence-corrected chi connectivity index (χ2v) is 8.80. The molecule has 0 aromatic heterocycles. The molecule has 1 N–H and O–H groups in total. The van der Waals surface area contributed by atoms with Gasteiger partial charge in [-0.25, -0.2) is 4.99 Å². The first-order valence-electron chi connectivity index (χ1n) is 10.2. The summed E-state index contributed by atoms with van der Waals surface area (Å²) in [6.45, 7) is 2.70. The maximum absolute atomic E-state index is 12.5. The van der Waals surface area contributed by atoms with Crippen LogP contribution in [0.25, 0.3) is 6.08 Å². The van der Waals surface area contributed by atoms with Crippen LogP contribution in [0.5, 0.6) is 11.5 Å². The predicted octanol–water partition coefficient (Wildman–Crippen LogP) is 6.86. The van der Waals surface area contributed by atoms with Gasteiger partial charge in [-0.1, -0.05) is 59.6 Å². The van der Waals surface area contributed by atoms with Gasteiger partial charge in [0.15, 0.2) is 16.7 Å². The van der Waals surface area contributed by atoms with E-state index >= 15 is 0 Å². The summed E-state index contributed by atoms with van der Waals surface area (Å²) in [5.41, 5.74) is 2.29. The van der Waals surface area contributed by atoms with Crippen molar-refractivity contribution in [3.63, 3.8) is 0 Å². The van der Waals surface area contributed by atoms with Crippen LogP contribution in [0.3, 0.4) is 0 Å². The highest BCUT2D eigenvalue weighted by atomic mass is 35.5. The number of nitrogens with one attached hydrogen (secondary N) is 1. The lowest BCUT2D eigenvalue weighted by molar-refractivity contribution is -0.115. The number of nitrogens with zero attached hydrogens (tertiary/aromatic N) is 1. The summed E-state index contributed by atoms with van der Waals surface area (Å²) < 4.78 is 11.7. The van der Waals surface area contributed by atoms with Crippen LogP contribution in [0.15, 0.2) is 76.6 Å². The first kappa shape index (κ1) is 23.2. The molecule has 0 aliphatic carbocycles. The zero-order valence-corrected chi connectivity index (χ0v) is 20.0. The number of amidine groups is 1. The third-order valence-corrected chi connectivity index (χ3v) is 6.23. The molecule has 5 nitrogen and oxygen atoms in total. The molecule has 3 aromatic carbocycles. The zero-order chi connectivity index (χ0) is 23.2. The summed E-state index contributed by atoms with van der Waals surface area (Å²) >= 11 is 13.6. The van der Waals surface area contributed by atoms with Crippen LogP contribution in [0.4, 0.5) is 5.69 Å². The zero-order valence-electron chi connectivity index (χ0n) is 17.7. The highest BCUT2D eigenvalue weighted by molar-refractivity contribution is 8.18. The molecule has 0 spiro atoms. The van der Waals surface area contributed by atoms with E-state index < -0.39 is 0 Å². The monoisotopic (exact) mass is 498 g/mol. The molecule has 33 heavy (non-hydrogen) atoms. The fourth-order valence-corrected chi connectivity index (χ4v) is 4.26. The SMILES string of the molecule is CCOc1cc(C=C2SC(=Nc3ccccc3Cl)NC2=O)ccc1OCc1ccccc1Cl. The van der Waals surface area contributed by atoms with E-state index in [1.165, 1.54) is 11.8 Å². The summed E-state index contributed by atoms with van der Waals surface area (Å²) in [5, 5.41) is 4.42. The Morgan fingerprint density at radius 2 is 1.73 bits per heavy atom. The first-order chi connectivity index (χ1) is 16.0. The van der Waals surface area contributed by atoms with Crippen molar-refractivity contribution >= 4 is 57.8 Å². The Bertz CT molecular complexity index is 1240. The van der Waals surface area contributed by atoms with Crippen LogP contribution in [-0.4, -0.2) is 17.7 Å². The second kappa shape index (κ2) is 10.8. The van der Waals surface area contributed by atoms with Crippen LogP contribution in [0, 0.1) is 0 Å². The number of benzene rings is 3. The minimum Gasteiger partial charge on any atom is -0.490 e. The second-order valence-electron chi connectivity index (χ2n) is 6.95. The van der Waals surface area contributed by atoms with Crippen LogP contribution < -0.4 is 14.8 Å². The molecule has 0 bridgehead atoms. The van der Waals surface area contributed by atoms with Crippen molar-refractivity contribution in [2.24, 2.45) is 4.99 Å². The lowest BCUT2D eigenvalue weighted by Gasteiger charge is -2.13. The van der Waals surface area contributed by atoms with Crippen LogP contribution in [-0.2, 0) is 11.4 Å². The number of hydrogen-bond acceptors (Lipinski definition) is 5. The number of aliphatic imine (C=N–C) groups is 1. The number of thioether (sulfide) groups is 1. The summed E-state index contributed by atoms with van der Waals surface area (Å²) in [4.78, 5) is 17.4. The Morgan fingerprint density at radius 3 is 2.48 bits per heavy atom. The first-order valence-corrected chi connectivity index (χ1v) is 11.8. The van der Waals surface area contributed by atoms with Gasteiger partial charge in [0, 0.05) is 10.6 Å². The van der Waals surface area contributed by atoms with E-state index in [1.54, 1.807) is 18.2 Å². The van der Waals surface area contributed by atoms with Crippen molar-refractivity contribution in [2.45, 2.75) is 13.5 Å². The van der Waals surface area contributed by atoms with Gasteiger partial charge in [0.2, 0.25) is 0 Å². The third kappa shape index (κ3) is 5.90. The van der Waals surface area contributed by atoms with Crippen LogP contribution in [0.1, 0.15) is 18.1 Å². The highest BCUT2D eigenvalue weighted by Gasteiger charge is 2.24. The molecule has 1 saturated heterocycles. The number of rotatable bonds is 7. The number of carbonyl (C=O) groups excluding carboxylic acids is 1. The molecule has 1 amide bonds. The number of halogens is 2. The van der Waals surface area contributed by atoms with E-state index in [4.69, 9.17) is 32.7 Å². The van der Waals surface area contributed by atoms with Gasteiger partial charge in [0.25, 0.3) is 5.91 Å². The topological polar surface area (TPSA) is 59.9 Å². The molecule has 0 radical (unpaired) electrons. The van der Waals surface area contributed by atoms with Gasteiger partial charge >= 0.3 is 0 Å². The Labute approximate surface area is 206 Å². The molecule has 0 atom stereocenters. The normalized spacial score (nSPS) is 15.7. The van der Waals surface area contributed by atoms with Crippen LogP contribution >= 0.6 is 35.0 Å². The molecule has 1 aliphatic heterocycles. The lowest BCUT2D eigenvalue weighted by Crippen LogP contribution is -2.19. The maximum Gasteiger partial charge on any atom is 0.264 e. The van der Waals surface area contributed by atoms with Crippen molar-refractivity contribution in [2.75, 3.05) is 6.61 Å². The Morgan fingerprint density at radius 1 is 0.970 bits per heavy atom. The molecule has 168 valence electrons. The van der Waals surface area contributed by atoms with Gasteiger partial charge in [-0.05, 0) is 60.7 Å². The molecule has 0 unspecified atom stereocenters. The average molecular weight is 499 g/mol. The van der Waals surface area contributed by atoms with E-state index in [1.807, 2.05) is 61.5 Å². The van der Waals surface area contributed by atoms with E-state index in [9.17, 15) is 4.79 Å². The molecule has 8 heteroatoms. The standard InChI is InChI=1S/C25H20Cl2N2O3S/c1-2-31-22-13-16(11-12-21(22)32-15-17-7-3-4-8-18(17)26)14-23-24(30)29-25(33-23)28-20-10-6-5-9-19(20)27/h3-14H,2,15H2,1H3,(H,28,29,30). The minimum absolute atomic E-state index is 0.220. The molecular weight excluding hydrogens is 479 g/mol. The fourth-order valence-electron chi connectivity index (χ4n) is 3.06. The molecule has 0 saturated carbocycles. The van der Waals surface area contributed by atoms with Gasteiger partial charge in [0.1, 0.15) is 6.61 Å². The quantitative estimate of drug-likeness (QED) is 0.361. The van der Waals surface area contributed by atoms with E-state index in [0.29, 0.717) is 50.5 Å². The number of hydrogen-bond donors (Lipinski definition) is 1. The van der Waals surface area contributed by atoms with Crippen molar-refractivity contribution in [1.29, 1.82) is 0 Å². The molecule has 4 rings (SSSR count). The molecular formula is C25H20Cl2N2O3S.